The molecule has 194 valence electrons. The van der Waals surface area contributed by atoms with E-state index in [2.05, 4.69) is 78.2 Å². The Morgan fingerprint density at radius 2 is 0.976 bits per heavy atom. The van der Waals surface area contributed by atoms with E-state index in [9.17, 15) is 0 Å². The van der Waals surface area contributed by atoms with Crippen LogP contribution in [0.3, 0.4) is 0 Å². The quantitative estimate of drug-likeness (QED) is 0.231. The third-order valence-electron chi connectivity index (χ3n) is 7.92. The fourth-order valence-electron chi connectivity index (χ4n) is 5.86. The lowest BCUT2D eigenvalue weighted by Crippen LogP contribution is -2.12. The van der Waals surface area contributed by atoms with E-state index in [4.69, 9.17) is 19.9 Å². The van der Waals surface area contributed by atoms with Gasteiger partial charge in [-0.25, -0.2) is 19.9 Å². The molecular formula is C36H25N5. The van der Waals surface area contributed by atoms with Gasteiger partial charge in [-0.2, -0.15) is 0 Å². The zero-order chi connectivity index (χ0) is 27.3. The molecule has 0 amide bonds. The molecule has 1 aliphatic rings. The summed E-state index contributed by atoms with van der Waals surface area (Å²) in [5, 5.41) is 0. The van der Waals surface area contributed by atoms with Crippen LogP contribution < -0.4 is 0 Å². The third-order valence-corrected chi connectivity index (χ3v) is 7.92. The molecule has 41 heavy (non-hydrogen) atoms. The molecule has 5 aromatic carbocycles. The van der Waals surface area contributed by atoms with Crippen LogP contribution in [0.25, 0.3) is 62.3 Å². The molecule has 8 rings (SSSR count). The Hall–Kier alpha value is -5.42. The van der Waals surface area contributed by atoms with Gasteiger partial charge < -0.3 is 0 Å². The van der Waals surface area contributed by atoms with E-state index in [0.29, 0.717) is 23.4 Å². The SMILES string of the molecule is CC1c2ccccc2-n2c(-c3ccc(-c4nc(-c5ccccc5)nc(-c5ccccc5)n4)cc3)nc3cccc1c32. The Kier molecular flexibility index (Phi) is 5.35. The first kappa shape index (κ1) is 23.5. The summed E-state index contributed by atoms with van der Waals surface area (Å²) in [6.07, 6.45) is 0. The van der Waals surface area contributed by atoms with Crippen LogP contribution in [0.1, 0.15) is 24.0 Å². The predicted molar refractivity (Wildman–Crippen MR) is 164 cm³/mol. The van der Waals surface area contributed by atoms with Crippen molar-refractivity contribution in [3.63, 3.8) is 0 Å². The number of para-hydroxylation sites is 2. The molecule has 0 bridgehead atoms. The van der Waals surface area contributed by atoms with Gasteiger partial charge in [0.25, 0.3) is 0 Å². The topological polar surface area (TPSA) is 56.5 Å². The van der Waals surface area contributed by atoms with Crippen LogP contribution in [0, 0.1) is 0 Å². The molecule has 1 aliphatic heterocycles. The molecule has 1 atom stereocenters. The summed E-state index contributed by atoms with van der Waals surface area (Å²) >= 11 is 0. The maximum absolute atomic E-state index is 5.12. The van der Waals surface area contributed by atoms with Crippen LogP contribution in [0.5, 0.6) is 0 Å². The summed E-state index contributed by atoms with van der Waals surface area (Å²) in [5.74, 6) is 3.20. The van der Waals surface area contributed by atoms with Gasteiger partial charge >= 0.3 is 0 Å². The van der Waals surface area contributed by atoms with Crippen molar-refractivity contribution in [2.24, 2.45) is 0 Å². The molecule has 3 heterocycles. The average molecular weight is 528 g/mol. The Balaban J connectivity index is 1.26. The van der Waals surface area contributed by atoms with Crippen molar-refractivity contribution in [3.8, 4) is 51.2 Å². The summed E-state index contributed by atoms with van der Waals surface area (Å²) in [4.78, 5) is 19.7. The van der Waals surface area contributed by atoms with E-state index >= 15 is 0 Å². The molecule has 0 N–H and O–H groups in total. The number of hydrogen-bond donors (Lipinski definition) is 0. The zero-order valence-corrected chi connectivity index (χ0v) is 22.4. The highest BCUT2D eigenvalue weighted by Gasteiger charge is 2.27. The minimum absolute atomic E-state index is 0.316. The molecule has 5 heteroatoms. The van der Waals surface area contributed by atoms with Crippen molar-refractivity contribution in [1.29, 1.82) is 0 Å². The largest absolute Gasteiger partial charge is 0.292 e. The first-order chi connectivity index (χ1) is 20.2. The van der Waals surface area contributed by atoms with Crippen molar-refractivity contribution in [2.45, 2.75) is 12.8 Å². The first-order valence-electron chi connectivity index (χ1n) is 13.8. The van der Waals surface area contributed by atoms with E-state index in [0.717, 1.165) is 33.6 Å². The Labute approximate surface area is 237 Å². The van der Waals surface area contributed by atoms with Crippen LogP contribution in [0.2, 0.25) is 0 Å². The van der Waals surface area contributed by atoms with Crippen molar-refractivity contribution in [1.82, 2.24) is 24.5 Å². The number of nitrogens with zero attached hydrogens (tertiary/aromatic N) is 5. The predicted octanol–water partition coefficient (Wildman–Crippen LogP) is 8.34. The van der Waals surface area contributed by atoms with Gasteiger partial charge in [0.1, 0.15) is 5.82 Å². The van der Waals surface area contributed by atoms with Gasteiger partial charge in [0, 0.05) is 28.2 Å². The monoisotopic (exact) mass is 527 g/mol. The average Bonchev–Trinajstić information content (AvgIpc) is 3.45. The molecule has 0 aliphatic carbocycles. The van der Waals surface area contributed by atoms with Gasteiger partial charge in [-0.1, -0.05) is 122 Å². The Bertz CT molecular complexity index is 1990. The van der Waals surface area contributed by atoms with E-state index in [1.165, 1.54) is 22.3 Å². The molecule has 2 aromatic heterocycles. The maximum atomic E-state index is 5.12. The second kappa shape index (κ2) is 9.35. The fraction of sp³-hybridized carbons (Fsp3) is 0.0556. The minimum atomic E-state index is 0.316. The van der Waals surface area contributed by atoms with Gasteiger partial charge in [0.05, 0.1) is 16.7 Å². The number of fused-ring (bicyclic) bond motifs is 2. The smallest absolute Gasteiger partial charge is 0.164 e. The summed E-state index contributed by atoms with van der Waals surface area (Å²) < 4.78 is 2.32. The molecule has 0 spiro atoms. The summed E-state index contributed by atoms with van der Waals surface area (Å²) in [5.41, 5.74) is 9.90. The Morgan fingerprint density at radius 3 is 1.61 bits per heavy atom. The standard InChI is InChI=1S/C36H25N5/c1-23-28-15-8-9-18-31(28)41-32-29(23)16-10-17-30(32)37-36(41)27-21-19-26(20-22-27)35-39-33(24-11-4-2-5-12-24)38-34(40-35)25-13-6-3-7-14-25/h2-23H,1H3. The van der Waals surface area contributed by atoms with Crippen LogP contribution in [-0.4, -0.2) is 24.5 Å². The lowest BCUT2D eigenvalue weighted by molar-refractivity contribution is 0.873. The van der Waals surface area contributed by atoms with E-state index in [1.807, 2.05) is 60.7 Å². The van der Waals surface area contributed by atoms with Crippen molar-refractivity contribution >= 4 is 11.0 Å². The lowest BCUT2D eigenvalue weighted by atomic mass is 9.88. The molecule has 0 saturated carbocycles. The number of hydrogen-bond acceptors (Lipinski definition) is 4. The molecular weight excluding hydrogens is 502 g/mol. The number of benzene rings is 5. The lowest BCUT2D eigenvalue weighted by Gasteiger charge is -2.25. The maximum Gasteiger partial charge on any atom is 0.164 e. The summed E-state index contributed by atoms with van der Waals surface area (Å²) in [6, 6.07) is 43.6. The highest BCUT2D eigenvalue weighted by molar-refractivity contribution is 5.89. The molecule has 1 unspecified atom stereocenters. The van der Waals surface area contributed by atoms with Crippen molar-refractivity contribution in [2.75, 3.05) is 0 Å². The summed E-state index contributed by atoms with van der Waals surface area (Å²) in [7, 11) is 0. The van der Waals surface area contributed by atoms with Gasteiger partial charge in [-0.3, -0.25) is 4.57 Å². The number of imidazole rings is 1. The van der Waals surface area contributed by atoms with Gasteiger partial charge in [0.2, 0.25) is 0 Å². The van der Waals surface area contributed by atoms with Crippen LogP contribution in [-0.2, 0) is 0 Å². The van der Waals surface area contributed by atoms with Crippen molar-refractivity contribution in [3.05, 3.63) is 139 Å². The van der Waals surface area contributed by atoms with Gasteiger partial charge in [0.15, 0.2) is 17.5 Å². The number of rotatable bonds is 4. The van der Waals surface area contributed by atoms with Crippen molar-refractivity contribution < 1.29 is 0 Å². The van der Waals surface area contributed by atoms with Crippen LogP contribution in [0.15, 0.2) is 127 Å². The van der Waals surface area contributed by atoms with Crippen LogP contribution in [0.4, 0.5) is 0 Å². The van der Waals surface area contributed by atoms with E-state index in [-0.39, 0.29) is 0 Å². The molecule has 5 nitrogen and oxygen atoms in total. The minimum Gasteiger partial charge on any atom is -0.292 e. The molecule has 0 radical (unpaired) electrons. The first-order valence-corrected chi connectivity index (χ1v) is 13.8. The van der Waals surface area contributed by atoms with Gasteiger partial charge in [-0.05, 0) is 23.3 Å². The molecule has 0 saturated heterocycles. The van der Waals surface area contributed by atoms with Gasteiger partial charge in [-0.15, -0.1) is 0 Å². The highest BCUT2D eigenvalue weighted by atomic mass is 15.1. The van der Waals surface area contributed by atoms with E-state index in [1.54, 1.807) is 0 Å². The van der Waals surface area contributed by atoms with Crippen LogP contribution >= 0.6 is 0 Å². The zero-order valence-electron chi connectivity index (χ0n) is 22.4. The summed E-state index contributed by atoms with van der Waals surface area (Å²) in [6.45, 7) is 2.28. The third kappa shape index (κ3) is 3.85. The Morgan fingerprint density at radius 1 is 0.463 bits per heavy atom. The second-order valence-electron chi connectivity index (χ2n) is 10.4. The molecule has 0 fully saturated rings. The van der Waals surface area contributed by atoms with E-state index < -0.39 is 0 Å². The normalized spacial score (nSPS) is 13.7. The fourth-order valence-corrected chi connectivity index (χ4v) is 5.86. The second-order valence-corrected chi connectivity index (χ2v) is 10.4. The molecule has 7 aromatic rings. The number of aromatic nitrogens is 5. The highest BCUT2D eigenvalue weighted by Crippen LogP contribution is 2.42.